The fourth-order valence-electron chi connectivity index (χ4n) is 2.84. The van der Waals surface area contributed by atoms with Crippen molar-refractivity contribution >= 4 is 22.6 Å². The van der Waals surface area contributed by atoms with Crippen molar-refractivity contribution in [1.82, 2.24) is 4.98 Å². The zero-order valence-electron chi connectivity index (χ0n) is 11.4. The molecule has 0 radical (unpaired) electrons. The Bertz CT molecular complexity index is 707. The number of pyridine rings is 1. The zero-order valence-corrected chi connectivity index (χ0v) is 11.4. The second-order valence-corrected chi connectivity index (χ2v) is 5.54. The van der Waals surface area contributed by atoms with E-state index in [-0.39, 0.29) is 11.8 Å². The largest absolute Gasteiger partial charge is 0.497 e. The minimum atomic E-state index is 0.245. The lowest BCUT2D eigenvalue weighted by atomic mass is 10.1. The molecule has 1 amide bonds. The summed E-state index contributed by atoms with van der Waals surface area (Å²) in [6.07, 6.45) is 2.97. The molecule has 2 aromatic rings. The SMILES string of the molecule is COc1ccc2nc3c(cc2c1)CCN3C(=O)C1CC1. The third-order valence-electron chi connectivity index (χ3n) is 4.13. The number of anilines is 1. The number of nitrogens with zero attached hydrogens (tertiary/aromatic N) is 2. The number of fused-ring (bicyclic) bond motifs is 2. The number of hydrogen-bond acceptors (Lipinski definition) is 3. The molecule has 4 rings (SSSR count). The summed E-state index contributed by atoms with van der Waals surface area (Å²) < 4.78 is 5.25. The van der Waals surface area contributed by atoms with Crippen LogP contribution in [-0.4, -0.2) is 24.5 Å². The van der Waals surface area contributed by atoms with Gasteiger partial charge in [-0.3, -0.25) is 9.69 Å². The summed E-state index contributed by atoms with van der Waals surface area (Å²) >= 11 is 0. The highest BCUT2D eigenvalue weighted by molar-refractivity contribution is 5.98. The lowest BCUT2D eigenvalue weighted by Gasteiger charge is -2.16. The van der Waals surface area contributed by atoms with E-state index in [9.17, 15) is 4.79 Å². The normalized spacial score (nSPS) is 17.4. The number of rotatable bonds is 2. The topological polar surface area (TPSA) is 42.4 Å². The van der Waals surface area contributed by atoms with Gasteiger partial charge < -0.3 is 4.74 Å². The Labute approximate surface area is 117 Å². The molecular formula is C16H16N2O2. The number of methoxy groups -OCH3 is 1. The summed E-state index contributed by atoms with van der Waals surface area (Å²) in [5, 5.41) is 1.07. The summed E-state index contributed by atoms with van der Waals surface area (Å²) in [4.78, 5) is 18.8. The number of ether oxygens (including phenoxy) is 1. The molecule has 1 aromatic carbocycles. The molecule has 1 saturated carbocycles. The molecule has 0 unspecified atom stereocenters. The van der Waals surface area contributed by atoms with Crippen LogP contribution in [0, 0.1) is 5.92 Å². The van der Waals surface area contributed by atoms with E-state index in [2.05, 4.69) is 6.07 Å². The number of aromatic nitrogens is 1. The summed E-state index contributed by atoms with van der Waals surface area (Å²) in [6.45, 7) is 0.769. The molecule has 0 saturated heterocycles. The van der Waals surface area contributed by atoms with Gasteiger partial charge in [0.15, 0.2) is 0 Å². The maximum absolute atomic E-state index is 12.3. The maximum atomic E-state index is 12.3. The summed E-state index contributed by atoms with van der Waals surface area (Å²) in [7, 11) is 1.66. The maximum Gasteiger partial charge on any atom is 0.231 e. The van der Waals surface area contributed by atoms with Crippen molar-refractivity contribution in [3.05, 3.63) is 29.8 Å². The van der Waals surface area contributed by atoms with E-state index in [0.717, 1.165) is 48.3 Å². The molecule has 0 N–H and O–H groups in total. The Kier molecular flexibility index (Phi) is 2.46. The first-order valence-electron chi connectivity index (χ1n) is 7.05. The van der Waals surface area contributed by atoms with Crippen molar-refractivity contribution < 1.29 is 9.53 Å². The summed E-state index contributed by atoms with van der Waals surface area (Å²) in [5.41, 5.74) is 2.08. The fourth-order valence-corrected chi connectivity index (χ4v) is 2.84. The van der Waals surface area contributed by atoms with Crippen LogP contribution in [0.1, 0.15) is 18.4 Å². The van der Waals surface area contributed by atoms with Gasteiger partial charge >= 0.3 is 0 Å². The monoisotopic (exact) mass is 268 g/mol. The third kappa shape index (κ3) is 1.75. The first-order valence-corrected chi connectivity index (χ1v) is 7.05. The van der Waals surface area contributed by atoms with Crippen LogP contribution in [0.4, 0.5) is 5.82 Å². The van der Waals surface area contributed by atoms with E-state index in [1.807, 2.05) is 23.1 Å². The van der Waals surface area contributed by atoms with Gasteiger partial charge in [-0.05, 0) is 49.1 Å². The minimum absolute atomic E-state index is 0.245. The average molecular weight is 268 g/mol. The Morgan fingerprint density at radius 2 is 2.20 bits per heavy atom. The molecule has 1 aliphatic carbocycles. The number of benzene rings is 1. The second kappa shape index (κ2) is 4.20. The van der Waals surface area contributed by atoms with Gasteiger partial charge in [0.05, 0.1) is 12.6 Å². The molecule has 2 aliphatic rings. The first-order chi connectivity index (χ1) is 9.76. The van der Waals surface area contributed by atoms with Crippen LogP contribution in [-0.2, 0) is 11.2 Å². The van der Waals surface area contributed by atoms with Crippen LogP contribution in [0.3, 0.4) is 0 Å². The summed E-state index contributed by atoms with van der Waals surface area (Å²) in [5.74, 6) is 2.20. The lowest BCUT2D eigenvalue weighted by Crippen LogP contribution is -2.30. The number of carbonyl (C=O) groups excluding carboxylic acids is 1. The van der Waals surface area contributed by atoms with Gasteiger partial charge in [0.25, 0.3) is 0 Å². The van der Waals surface area contributed by atoms with E-state index in [1.165, 1.54) is 5.56 Å². The predicted molar refractivity (Wildman–Crippen MR) is 77.1 cm³/mol. The van der Waals surface area contributed by atoms with Crippen molar-refractivity contribution in [3.63, 3.8) is 0 Å². The van der Waals surface area contributed by atoms with Gasteiger partial charge in [-0.15, -0.1) is 0 Å². The van der Waals surface area contributed by atoms with Crippen LogP contribution in [0.25, 0.3) is 10.9 Å². The third-order valence-corrected chi connectivity index (χ3v) is 4.13. The van der Waals surface area contributed by atoms with Crippen molar-refractivity contribution in [2.24, 2.45) is 5.92 Å². The number of carbonyl (C=O) groups is 1. The number of amides is 1. The van der Waals surface area contributed by atoms with Crippen LogP contribution in [0.2, 0.25) is 0 Å². The van der Waals surface area contributed by atoms with Gasteiger partial charge in [-0.25, -0.2) is 4.98 Å². The minimum Gasteiger partial charge on any atom is -0.497 e. The Hall–Kier alpha value is -2.10. The lowest BCUT2D eigenvalue weighted by molar-refractivity contribution is -0.119. The molecular weight excluding hydrogens is 252 g/mol. The molecule has 0 bridgehead atoms. The molecule has 0 spiro atoms. The Balaban J connectivity index is 1.79. The van der Waals surface area contributed by atoms with Crippen LogP contribution in [0.5, 0.6) is 5.75 Å². The van der Waals surface area contributed by atoms with Gasteiger partial charge in [-0.1, -0.05) is 0 Å². The van der Waals surface area contributed by atoms with E-state index in [1.54, 1.807) is 7.11 Å². The van der Waals surface area contributed by atoms with Gasteiger partial charge in [-0.2, -0.15) is 0 Å². The van der Waals surface area contributed by atoms with Crippen LogP contribution >= 0.6 is 0 Å². The highest BCUT2D eigenvalue weighted by Gasteiger charge is 2.37. The van der Waals surface area contributed by atoms with Crippen LogP contribution in [0.15, 0.2) is 24.3 Å². The Morgan fingerprint density at radius 3 is 2.95 bits per heavy atom. The van der Waals surface area contributed by atoms with Gasteiger partial charge in [0, 0.05) is 17.8 Å². The standard InChI is InChI=1S/C16H16N2O2/c1-20-13-4-5-14-12(9-13)8-11-6-7-18(15(11)17-14)16(19)10-2-3-10/h4-5,8-10H,2-3,6-7H2,1H3. The molecule has 4 heteroatoms. The average Bonchev–Trinajstić information content (AvgIpc) is 3.25. The highest BCUT2D eigenvalue weighted by atomic mass is 16.5. The smallest absolute Gasteiger partial charge is 0.231 e. The van der Waals surface area contributed by atoms with Crippen molar-refractivity contribution in [2.75, 3.05) is 18.6 Å². The zero-order chi connectivity index (χ0) is 13.7. The van der Waals surface area contributed by atoms with Gasteiger partial charge in [0.1, 0.15) is 11.6 Å². The number of hydrogen-bond donors (Lipinski definition) is 0. The van der Waals surface area contributed by atoms with Crippen molar-refractivity contribution in [1.29, 1.82) is 0 Å². The molecule has 20 heavy (non-hydrogen) atoms. The van der Waals surface area contributed by atoms with Crippen molar-refractivity contribution in [3.8, 4) is 5.75 Å². The van der Waals surface area contributed by atoms with E-state index in [4.69, 9.17) is 9.72 Å². The molecule has 1 aliphatic heterocycles. The quantitative estimate of drug-likeness (QED) is 0.840. The van der Waals surface area contributed by atoms with Crippen molar-refractivity contribution in [2.45, 2.75) is 19.3 Å². The van der Waals surface area contributed by atoms with Gasteiger partial charge in [0.2, 0.25) is 5.91 Å². The molecule has 4 nitrogen and oxygen atoms in total. The molecule has 1 fully saturated rings. The molecule has 2 heterocycles. The van der Waals surface area contributed by atoms with Crippen LogP contribution < -0.4 is 9.64 Å². The highest BCUT2D eigenvalue weighted by Crippen LogP contribution is 2.36. The second-order valence-electron chi connectivity index (χ2n) is 5.54. The fraction of sp³-hybridized carbons (Fsp3) is 0.375. The predicted octanol–water partition coefficient (Wildman–Crippen LogP) is 2.54. The van der Waals surface area contributed by atoms with E-state index in [0.29, 0.717) is 0 Å². The summed E-state index contributed by atoms with van der Waals surface area (Å²) in [6, 6.07) is 7.99. The van der Waals surface area contributed by atoms with E-state index >= 15 is 0 Å². The molecule has 102 valence electrons. The Morgan fingerprint density at radius 1 is 1.35 bits per heavy atom. The first kappa shape index (κ1) is 11.7. The molecule has 1 aromatic heterocycles. The molecule has 0 atom stereocenters. The van der Waals surface area contributed by atoms with E-state index < -0.39 is 0 Å².